The first kappa shape index (κ1) is 31.2. The van der Waals surface area contributed by atoms with Gasteiger partial charge in [0.05, 0.1) is 22.2 Å². The number of pyridine rings is 1. The summed E-state index contributed by atoms with van der Waals surface area (Å²) >= 11 is 0. The van der Waals surface area contributed by atoms with Crippen LogP contribution in [0.1, 0.15) is 0 Å². The van der Waals surface area contributed by atoms with E-state index in [1.807, 2.05) is 6.07 Å². The first-order valence-corrected chi connectivity index (χ1v) is 18.7. The van der Waals surface area contributed by atoms with Gasteiger partial charge >= 0.3 is 0 Å². The van der Waals surface area contributed by atoms with Crippen LogP contribution in [0.4, 0.5) is 0 Å². The monoisotopic (exact) mass is 699 g/mol. The summed E-state index contributed by atoms with van der Waals surface area (Å²) in [7, 11) is 0. The number of imidazole rings is 1. The average molecular weight is 700 g/mol. The fourth-order valence-corrected chi connectivity index (χ4v) is 8.42. The van der Waals surface area contributed by atoms with Gasteiger partial charge in [0.2, 0.25) is 0 Å². The van der Waals surface area contributed by atoms with E-state index >= 15 is 0 Å². The topological polar surface area (TPSA) is 30.7 Å². The second-order valence-corrected chi connectivity index (χ2v) is 14.1. The van der Waals surface area contributed by atoms with Crippen molar-refractivity contribution in [1.29, 1.82) is 0 Å². The Morgan fingerprint density at radius 1 is 0.345 bits per heavy atom. The van der Waals surface area contributed by atoms with Gasteiger partial charge in [-0.2, -0.15) is 0 Å². The van der Waals surface area contributed by atoms with Crippen LogP contribution in [0.3, 0.4) is 0 Å². The van der Waals surface area contributed by atoms with E-state index in [1.165, 1.54) is 43.6 Å². The molecule has 0 saturated heterocycles. The zero-order valence-electron chi connectivity index (χ0n) is 29.9. The van der Waals surface area contributed by atoms with Gasteiger partial charge in [-0.1, -0.05) is 164 Å². The number of aromatic nitrogens is 3. The predicted octanol–water partition coefficient (Wildman–Crippen LogP) is 13.7. The van der Waals surface area contributed by atoms with Crippen LogP contribution in [0.25, 0.3) is 105 Å². The Hall–Kier alpha value is -7.36. The molecule has 0 unspecified atom stereocenters. The number of para-hydroxylation sites is 2. The number of fused-ring (bicyclic) bond motifs is 6. The molecule has 11 aromatic rings. The van der Waals surface area contributed by atoms with Crippen LogP contribution in [-0.4, -0.2) is 14.5 Å². The lowest BCUT2D eigenvalue weighted by molar-refractivity contribution is 1.10. The summed E-state index contributed by atoms with van der Waals surface area (Å²) in [5, 5.41) is 8.28. The highest BCUT2D eigenvalue weighted by atomic mass is 15.1. The minimum absolute atomic E-state index is 0.929. The van der Waals surface area contributed by atoms with E-state index < -0.39 is 0 Å². The molecular weight excluding hydrogens is 667 g/mol. The fraction of sp³-hybridized carbons (Fsp3) is 0. The minimum Gasteiger partial charge on any atom is -0.292 e. The van der Waals surface area contributed by atoms with E-state index in [1.54, 1.807) is 0 Å². The van der Waals surface area contributed by atoms with Gasteiger partial charge in [-0.15, -0.1) is 0 Å². The second-order valence-electron chi connectivity index (χ2n) is 14.1. The molecule has 3 nitrogen and oxygen atoms in total. The van der Waals surface area contributed by atoms with E-state index in [0.29, 0.717) is 0 Å². The minimum atomic E-state index is 0.929. The number of benzene rings is 9. The number of hydrogen-bond acceptors (Lipinski definition) is 2. The lowest BCUT2D eigenvalue weighted by atomic mass is 9.89. The van der Waals surface area contributed by atoms with E-state index in [-0.39, 0.29) is 0 Å². The molecule has 0 aliphatic heterocycles. The number of rotatable bonds is 5. The van der Waals surface area contributed by atoms with Crippen LogP contribution >= 0.6 is 0 Å². The molecule has 2 aromatic heterocycles. The predicted molar refractivity (Wildman–Crippen MR) is 231 cm³/mol. The first-order chi connectivity index (χ1) is 27.3. The number of nitrogens with zero attached hydrogens (tertiary/aromatic N) is 3. The van der Waals surface area contributed by atoms with Crippen LogP contribution in [0.15, 0.2) is 200 Å². The highest BCUT2D eigenvalue weighted by Crippen LogP contribution is 2.43. The Bertz CT molecular complexity index is 3240. The molecule has 0 aliphatic carbocycles. The summed E-state index contributed by atoms with van der Waals surface area (Å²) in [6.07, 6.45) is 0. The van der Waals surface area contributed by atoms with Gasteiger partial charge in [-0.3, -0.25) is 4.57 Å². The molecule has 9 aromatic carbocycles. The Kier molecular flexibility index (Phi) is 7.17. The molecule has 2 heterocycles. The third-order valence-electron chi connectivity index (χ3n) is 11.0. The maximum absolute atomic E-state index is 5.53. The van der Waals surface area contributed by atoms with Gasteiger partial charge in [0, 0.05) is 27.6 Å². The zero-order valence-corrected chi connectivity index (χ0v) is 29.9. The Balaban J connectivity index is 1.16. The summed E-state index contributed by atoms with van der Waals surface area (Å²) in [5.41, 5.74) is 12.0. The molecular formula is C52H33N3. The van der Waals surface area contributed by atoms with Gasteiger partial charge < -0.3 is 0 Å². The zero-order chi connectivity index (χ0) is 36.3. The SMILES string of the molecule is c1ccc(-c2nc3ccccc3n2-c2ccc(-c3cc4c(-c5cccc6ccccc56)cc(-c5cccc6ccccc56)nc4c4ccccc34)cc2)cc1. The molecule has 11 rings (SSSR count). The van der Waals surface area contributed by atoms with Crippen molar-refractivity contribution in [1.82, 2.24) is 14.5 Å². The van der Waals surface area contributed by atoms with Crippen molar-refractivity contribution in [3.05, 3.63) is 200 Å². The van der Waals surface area contributed by atoms with Gasteiger partial charge in [0.1, 0.15) is 5.82 Å². The summed E-state index contributed by atoms with van der Waals surface area (Å²) < 4.78 is 2.27. The van der Waals surface area contributed by atoms with E-state index in [4.69, 9.17) is 9.97 Å². The van der Waals surface area contributed by atoms with Crippen LogP contribution in [0.2, 0.25) is 0 Å². The van der Waals surface area contributed by atoms with Crippen LogP contribution in [0, 0.1) is 0 Å². The number of hydrogen-bond donors (Lipinski definition) is 0. The molecule has 55 heavy (non-hydrogen) atoms. The third kappa shape index (κ3) is 5.13. The van der Waals surface area contributed by atoms with Crippen molar-refractivity contribution in [2.45, 2.75) is 0 Å². The molecule has 0 saturated carbocycles. The van der Waals surface area contributed by atoms with Crippen LogP contribution < -0.4 is 0 Å². The normalized spacial score (nSPS) is 11.6. The molecule has 0 aliphatic rings. The smallest absolute Gasteiger partial charge is 0.145 e. The summed E-state index contributed by atoms with van der Waals surface area (Å²) in [6, 6.07) is 71.6. The molecule has 0 N–H and O–H groups in total. The maximum atomic E-state index is 5.53. The molecule has 0 fully saturated rings. The molecule has 0 radical (unpaired) electrons. The third-order valence-corrected chi connectivity index (χ3v) is 11.0. The van der Waals surface area contributed by atoms with E-state index in [2.05, 4.69) is 199 Å². The van der Waals surface area contributed by atoms with Crippen molar-refractivity contribution in [2.24, 2.45) is 0 Å². The highest BCUT2D eigenvalue weighted by molar-refractivity contribution is 6.18. The molecule has 0 bridgehead atoms. The van der Waals surface area contributed by atoms with Crippen molar-refractivity contribution in [2.75, 3.05) is 0 Å². The van der Waals surface area contributed by atoms with Crippen molar-refractivity contribution < 1.29 is 0 Å². The molecule has 3 heteroatoms. The molecule has 0 amide bonds. The molecule has 0 spiro atoms. The fourth-order valence-electron chi connectivity index (χ4n) is 8.42. The lowest BCUT2D eigenvalue weighted by Gasteiger charge is -2.17. The van der Waals surface area contributed by atoms with Gasteiger partial charge in [0.15, 0.2) is 0 Å². The Labute approximate surface area is 318 Å². The van der Waals surface area contributed by atoms with Gasteiger partial charge in [-0.05, 0) is 85.6 Å². The van der Waals surface area contributed by atoms with E-state index in [9.17, 15) is 0 Å². The second kappa shape index (κ2) is 12.6. The van der Waals surface area contributed by atoms with Crippen molar-refractivity contribution in [3.63, 3.8) is 0 Å². The summed E-state index contributed by atoms with van der Waals surface area (Å²) in [4.78, 5) is 10.6. The molecule has 0 atom stereocenters. The Morgan fingerprint density at radius 2 is 0.945 bits per heavy atom. The van der Waals surface area contributed by atoms with E-state index in [0.717, 1.165) is 61.2 Å². The average Bonchev–Trinajstić information content (AvgIpc) is 3.65. The summed E-state index contributed by atoms with van der Waals surface area (Å²) in [6.45, 7) is 0. The van der Waals surface area contributed by atoms with Gasteiger partial charge in [0.25, 0.3) is 0 Å². The largest absolute Gasteiger partial charge is 0.292 e. The highest BCUT2D eigenvalue weighted by Gasteiger charge is 2.19. The van der Waals surface area contributed by atoms with Crippen molar-refractivity contribution >= 4 is 54.3 Å². The van der Waals surface area contributed by atoms with Crippen molar-refractivity contribution in [3.8, 4) is 50.6 Å². The quantitative estimate of drug-likeness (QED) is 0.167. The van der Waals surface area contributed by atoms with Crippen LogP contribution in [-0.2, 0) is 0 Å². The first-order valence-electron chi connectivity index (χ1n) is 18.7. The molecule has 256 valence electrons. The standard InChI is InChI=1S/C52H33N3/c1-2-16-37(17-3-1)52-54-48-26-10-11-27-50(48)55(52)38-30-28-36(29-31-38)45-32-47-46(41-24-12-18-34-14-4-6-20-39(34)41)33-49(53-51(47)44-23-9-8-22-42(44)45)43-25-13-19-35-15-5-7-21-40(35)43/h1-33H. The summed E-state index contributed by atoms with van der Waals surface area (Å²) in [5.74, 6) is 0.929. The lowest BCUT2D eigenvalue weighted by Crippen LogP contribution is -1.98. The van der Waals surface area contributed by atoms with Crippen LogP contribution in [0.5, 0.6) is 0 Å². The maximum Gasteiger partial charge on any atom is 0.145 e. The van der Waals surface area contributed by atoms with Gasteiger partial charge in [-0.25, -0.2) is 9.97 Å². The Morgan fingerprint density at radius 3 is 1.71 bits per heavy atom.